The van der Waals surface area contributed by atoms with Crippen molar-refractivity contribution in [3.8, 4) is 0 Å². The maximum atomic E-state index is 3.60. The highest BCUT2D eigenvalue weighted by Crippen LogP contribution is 2.16. The van der Waals surface area contributed by atoms with E-state index < -0.39 is 0 Å². The molecule has 1 aliphatic rings. The fourth-order valence-corrected chi connectivity index (χ4v) is 2.79. The van der Waals surface area contributed by atoms with Gasteiger partial charge in [0.2, 0.25) is 0 Å². The van der Waals surface area contributed by atoms with E-state index in [1.165, 1.54) is 30.6 Å². The minimum absolute atomic E-state index is 0.589. The van der Waals surface area contributed by atoms with Gasteiger partial charge in [-0.05, 0) is 50.9 Å². The predicted octanol–water partition coefficient (Wildman–Crippen LogP) is 2.72. The topological polar surface area (TPSA) is 18.5 Å². The minimum atomic E-state index is 0.589. The Balaban J connectivity index is 1.96. The van der Waals surface area contributed by atoms with Crippen LogP contribution in [-0.4, -0.2) is 44.2 Å². The smallest absolute Gasteiger partial charge is 0.0361 e. The lowest BCUT2D eigenvalue weighted by Crippen LogP contribution is -2.40. The molecular formula is C17H29N3. The van der Waals surface area contributed by atoms with Gasteiger partial charge in [0.1, 0.15) is 0 Å². The maximum absolute atomic E-state index is 3.60. The molecule has 0 spiro atoms. The number of anilines is 1. The second-order valence-electron chi connectivity index (χ2n) is 6.38. The van der Waals surface area contributed by atoms with E-state index in [0.29, 0.717) is 12.1 Å². The van der Waals surface area contributed by atoms with Crippen LogP contribution in [0.15, 0.2) is 24.3 Å². The van der Waals surface area contributed by atoms with E-state index in [2.05, 4.69) is 67.3 Å². The molecule has 1 unspecified atom stereocenters. The Morgan fingerprint density at radius 2 is 1.90 bits per heavy atom. The van der Waals surface area contributed by atoms with Gasteiger partial charge >= 0.3 is 0 Å². The molecule has 112 valence electrons. The highest BCUT2D eigenvalue weighted by molar-refractivity contribution is 5.45. The van der Waals surface area contributed by atoms with Gasteiger partial charge in [-0.3, -0.25) is 4.90 Å². The Kier molecular flexibility index (Phi) is 5.44. The van der Waals surface area contributed by atoms with Crippen molar-refractivity contribution in [3.63, 3.8) is 0 Å². The molecule has 1 fully saturated rings. The molecule has 0 amide bonds. The zero-order valence-corrected chi connectivity index (χ0v) is 13.4. The summed E-state index contributed by atoms with van der Waals surface area (Å²) in [4.78, 5) is 4.72. The number of hydrogen-bond donors (Lipinski definition) is 1. The summed E-state index contributed by atoms with van der Waals surface area (Å²) in [6.07, 6.45) is 2.65. The molecule has 1 aromatic rings. The van der Waals surface area contributed by atoms with E-state index in [1.807, 2.05) is 0 Å². The molecule has 3 heteroatoms. The van der Waals surface area contributed by atoms with Crippen molar-refractivity contribution in [2.45, 2.75) is 45.3 Å². The van der Waals surface area contributed by atoms with Crippen LogP contribution in [0, 0.1) is 0 Å². The number of benzene rings is 1. The molecule has 0 radical (unpaired) electrons. The predicted molar refractivity (Wildman–Crippen MR) is 87.3 cm³/mol. The van der Waals surface area contributed by atoms with Gasteiger partial charge < -0.3 is 10.2 Å². The fraction of sp³-hybridized carbons (Fsp3) is 0.647. The number of nitrogens with zero attached hydrogens (tertiary/aromatic N) is 2. The highest BCUT2D eigenvalue weighted by Gasteiger charge is 2.19. The number of hydrogen-bond acceptors (Lipinski definition) is 3. The van der Waals surface area contributed by atoms with Gasteiger partial charge in [-0.2, -0.15) is 0 Å². The second-order valence-corrected chi connectivity index (χ2v) is 6.38. The lowest BCUT2D eigenvalue weighted by atomic mass is 10.1. The third kappa shape index (κ3) is 4.22. The van der Waals surface area contributed by atoms with E-state index in [4.69, 9.17) is 0 Å². The zero-order chi connectivity index (χ0) is 14.5. The molecule has 1 saturated heterocycles. The largest absolute Gasteiger partial charge is 0.378 e. The standard InChI is InChI=1S/C17H29N3/c1-14(2)20(13-16-6-5-11-18-16)12-15-7-9-17(10-8-15)19(3)4/h7-10,14,16,18H,5-6,11-13H2,1-4H3. The first-order valence-corrected chi connectivity index (χ1v) is 7.80. The van der Waals surface area contributed by atoms with Gasteiger partial charge in [0.05, 0.1) is 0 Å². The first kappa shape index (κ1) is 15.3. The minimum Gasteiger partial charge on any atom is -0.378 e. The van der Waals surface area contributed by atoms with Crippen molar-refractivity contribution in [2.24, 2.45) is 0 Å². The van der Waals surface area contributed by atoms with Crippen molar-refractivity contribution in [2.75, 3.05) is 32.1 Å². The Morgan fingerprint density at radius 1 is 1.20 bits per heavy atom. The Hall–Kier alpha value is -1.06. The summed E-state index contributed by atoms with van der Waals surface area (Å²) in [7, 11) is 4.17. The Labute approximate surface area is 124 Å². The summed E-state index contributed by atoms with van der Waals surface area (Å²) in [5.41, 5.74) is 2.67. The molecule has 20 heavy (non-hydrogen) atoms. The number of rotatable bonds is 6. The summed E-state index contributed by atoms with van der Waals surface area (Å²) in [5, 5.41) is 3.60. The summed E-state index contributed by atoms with van der Waals surface area (Å²) in [6, 6.07) is 10.2. The molecule has 1 N–H and O–H groups in total. The van der Waals surface area contributed by atoms with E-state index >= 15 is 0 Å². The van der Waals surface area contributed by atoms with E-state index in [1.54, 1.807) is 0 Å². The van der Waals surface area contributed by atoms with Crippen LogP contribution in [0.4, 0.5) is 5.69 Å². The molecule has 0 saturated carbocycles. The van der Waals surface area contributed by atoms with Gasteiger partial charge in [-0.25, -0.2) is 0 Å². The summed E-state index contributed by atoms with van der Waals surface area (Å²) < 4.78 is 0. The van der Waals surface area contributed by atoms with Crippen molar-refractivity contribution in [1.29, 1.82) is 0 Å². The average molecular weight is 275 g/mol. The summed E-state index contributed by atoms with van der Waals surface area (Å²) >= 11 is 0. The normalized spacial score (nSPS) is 19.0. The van der Waals surface area contributed by atoms with Crippen molar-refractivity contribution in [3.05, 3.63) is 29.8 Å². The molecule has 1 aliphatic heterocycles. The van der Waals surface area contributed by atoms with Crippen LogP contribution in [0.3, 0.4) is 0 Å². The van der Waals surface area contributed by atoms with Gasteiger partial charge in [0.15, 0.2) is 0 Å². The molecule has 1 aromatic carbocycles. The molecular weight excluding hydrogens is 246 g/mol. The van der Waals surface area contributed by atoms with Crippen molar-refractivity contribution in [1.82, 2.24) is 10.2 Å². The first-order chi connectivity index (χ1) is 9.56. The highest BCUT2D eigenvalue weighted by atomic mass is 15.2. The van der Waals surface area contributed by atoms with Crippen molar-refractivity contribution < 1.29 is 0 Å². The third-order valence-corrected chi connectivity index (χ3v) is 4.19. The third-order valence-electron chi connectivity index (χ3n) is 4.19. The van der Waals surface area contributed by atoms with E-state index in [0.717, 1.165) is 13.1 Å². The molecule has 0 aromatic heterocycles. The lowest BCUT2D eigenvalue weighted by molar-refractivity contribution is 0.194. The number of nitrogens with one attached hydrogen (secondary N) is 1. The average Bonchev–Trinajstić information content (AvgIpc) is 2.91. The van der Waals surface area contributed by atoms with Crippen molar-refractivity contribution >= 4 is 5.69 Å². The van der Waals surface area contributed by atoms with Crippen LogP contribution in [0.5, 0.6) is 0 Å². The van der Waals surface area contributed by atoms with Gasteiger partial charge in [-0.1, -0.05) is 12.1 Å². The van der Waals surface area contributed by atoms with E-state index in [9.17, 15) is 0 Å². The molecule has 1 heterocycles. The lowest BCUT2D eigenvalue weighted by Gasteiger charge is -2.29. The monoisotopic (exact) mass is 275 g/mol. The quantitative estimate of drug-likeness (QED) is 0.861. The van der Waals surface area contributed by atoms with Crippen LogP contribution in [0.1, 0.15) is 32.3 Å². The summed E-state index contributed by atoms with van der Waals surface area (Å²) in [6.45, 7) is 7.98. The molecule has 2 rings (SSSR count). The van der Waals surface area contributed by atoms with Gasteiger partial charge in [0.25, 0.3) is 0 Å². The Morgan fingerprint density at radius 3 is 2.40 bits per heavy atom. The fourth-order valence-electron chi connectivity index (χ4n) is 2.79. The molecule has 0 aliphatic carbocycles. The van der Waals surface area contributed by atoms with Crippen LogP contribution >= 0.6 is 0 Å². The van der Waals surface area contributed by atoms with E-state index in [-0.39, 0.29) is 0 Å². The molecule has 3 nitrogen and oxygen atoms in total. The Bertz CT molecular complexity index is 391. The first-order valence-electron chi connectivity index (χ1n) is 7.80. The van der Waals surface area contributed by atoms with Gasteiger partial charge in [-0.15, -0.1) is 0 Å². The maximum Gasteiger partial charge on any atom is 0.0361 e. The SMILES string of the molecule is CC(C)N(Cc1ccc(N(C)C)cc1)CC1CCCN1. The van der Waals surface area contributed by atoms with Crippen LogP contribution in [0.2, 0.25) is 0 Å². The molecule has 1 atom stereocenters. The second kappa shape index (κ2) is 7.09. The van der Waals surface area contributed by atoms with Crippen LogP contribution in [0.25, 0.3) is 0 Å². The zero-order valence-electron chi connectivity index (χ0n) is 13.4. The van der Waals surface area contributed by atoms with Crippen LogP contribution in [-0.2, 0) is 6.54 Å². The molecule has 0 bridgehead atoms. The summed E-state index contributed by atoms with van der Waals surface area (Å²) in [5.74, 6) is 0. The van der Waals surface area contributed by atoms with Crippen LogP contribution < -0.4 is 10.2 Å². The van der Waals surface area contributed by atoms with Gasteiger partial charge in [0, 0.05) is 45.0 Å².